The molecular weight excluding hydrogens is 227 g/mol. The quantitative estimate of drug-likeness (QED) is 0.645. The predicted molar refractivity (Wildman–Crippen MR) is 53.0 cm³/mol. The minimum atomic E-state index is -4.14. The number of thioether (sulfide) groups is 1. The summed E-state index contributed by atoms with van der Waals surface area (Å²) >= 11 is 1.41. The van der Waals surface area contributed by atoms with Crippen LogP contribution in [-0.2, 0) is 0 Å². The molecule has 0 aliphatic rings. The van der Waals surface area contributed by atoms with E-state index in [-0.39, 0.29) is 6.54 Å². The summed E-state index contributed by atoms with van der Waals surface area (Å²) in [6, 6.07) is 1.61. The Morgan fingerprint density at radius 2 is 2.13 bits per heavy atom. The second-order valence-electron chi connectivity index (χ2n) is 2.74. The molecule has 0 atom stereocenters. The first-order valence-electron chi connectivity index (χ1n) is 4.18. The molecule has 0 saturated carbocycles. The van der Waals surface area contributed by atoms with Crippen molar-refractivity contribution >= 4 is 17.6 Å². The summed E-state index contributed by atoms with van der Waals surface area (Å²) in [7, 11) is 0. The van der Waals surface area contributed by atoms with Gasteiger partial charge in [0.1, 0.15) is 17.2 Å². The first kappa shape index (κ1) is 12.1. The molecule has 15 heavy (non-hydrogen) atoms. The molecule has 0 bridgehead atoms. The van der Waals surface area contributed by atoms with Gasteiger partial charge in [0.25, 0.3) is 0 Å². The number of alkyl halides is 3. The SMILES string of the molecule is CSc1cc(NCCC(F)(F)F)ncn1. The fourth-order valence-corrected chi connectivity index (χ4v) is 1.26. The first-order chi connectivity index (χ1) is 7.01. The molecule has 7 heteroatoms. The van der Waals surface area contributed by atoms with Crippen molar-refractivity contribution in [1.29, 1.82) is 0 Å². The van der Waals surface area contributed by atoms with Gasteiger partial charge in [0.2, 0.25) is 0 Å². The van der Waals surface area contributed by atoms with Crippen LogP contribution >= 0.6 is 11.8 Å². The largest absolute Gasteiger partial charge is 0.390 e. The molecule has 0 aliphatic carbocycles. The highest BCUT2D eigenvalue weighted by atomic mass is 32.2. The van der Waals surface area contributed by atoms with Crippen LogP contribution in [0.25, 0.3) is 0 Å². The van der Waals surface area contributed by atoms with Gasteiger partial charge in [-0.15, -0.1) is 11.8 Å². The van der Waals surface area contributed by atoms with Gasteiger partial charge in [-0.25, -0.2) is 9.97 Å². The van der Waals surface area contributed by atoms with Gasteiger partial charge in [0.05, 0.1) is 6.42 Å². The molecule has 1 rings (SSSR count). The van der Waals surface area contributed by atoms with E-state index in [0.29, 0.717) is 5.82 Å². The fourth-order valence-electron chi connectivity index (χ4n) is 0.880. The van der Waals surface area contributed by atoms with Crippen molar-refractivity contribution in [3.8, 4) is 0 Å². The smallest absolute Gasteiger partial charge is 0.370 e. The van der Waals surface area contributed by atoms with Gasteiger partial charge in [-0.05, 0) is 6.26 Å². The molecule has 0 spiro atoms. The lowest BCUT2D eigenvalue weighted by Gasteiger charge is -2.08. The fraction of sp³-hybridized carbons (Fsp3) is 0.500. The molecule has 0 aromatic carbocycles. The number of aromatic nitrogens is 2. The van der Waals surface area contributed by atoms with Gasteiger partial charge >= 0.3 is 6.18 Å². The third-order valence-electron chi connectivity index (χ3n) is 1.57. The number of hydrogen-bond donors (Lipinski definition) is 1. The van der Waals surface area contributed by atoms with Crippen LogP contribution in [-0.4, -0.2) is 28.9 Å². The van der Waals surface area contributed by atoms with Crippen LogP contribution in [0.2, 0.25) is 0 Å². The van der Waals surface area contributed by atoms with Crippen molar-refractivity contribution in [3.63, 3.8) is 0 Å². The zero-order chi connectivity index (χ0) is 11.3. The third kappa shape index (κ3) is 4.87. The second kappa shape index (κ2) is 5.20. The lowest BCUT2D eigenvalue weighted by Crippen LogP contribution is -2.15. The van der Waals surface area contributed by atoms with Crippen molar-refractivity contribution in [2.45, 2.75) is 17.6 Å². The molecule has 0 radical (unpaired) electrons. The van der Waals surface area contributed by atoms with E-state index >= 15 is 0 Å². The van der Waals surface area contributed by atoms with Gasteiger partial charge < -0.3 is 5.32 Å². The Morgan fingerprint density at radius 3 is 2.73 bits per heavy atom. The maximum absolute atomic E-state index is 11.8. The van der Waals surface area contributed by atoms with Crippen molar-refractivity contribution in [2.24, 2.45) is 0 Å². The minimum Gasteiger partial charge on any atom is -0.370 e. The molecule has 0 saturated heterocycles. The van der Waals surface area contributed by atoms with Gasteiger partial charge in [-0.1, -0.05) is 0 Å². The van der Waals surface area contributed by atoms with E-state index < -0.39 is 12.6 Å². The Kier molecular flexibility index (Phi) is 4.19. The molecule has 0 amide bonds. The summed E-state index contributed by atoms with van der Waals surface area (Å²) in [5, 5.41) is 3.31. The first-order valence-corrected chi connectivity index (χ1v) is 5.40. The summed E-state index contributed by atoms with van der Waals surface area (Å²) in [5.74, 6) is 0.415. The number of anilines is 1. The Morgan fingerprint density at radius 1 is 1.40 bits per heavy atom. The summed E-state index contributed by atoms with van der Waals surface area (Å²) in [6.07, 6.45) is -1.85. The Bertz CT molecular complexity index is 316. The molecular formula is C8H10F3N3S. The number of halogens is 3. The summed E-state index contributed by atoms with van der Waals surface area (Å²) in [4.78, 5) is 7.71. The van der Waals surface area contributed by atoms with E-state index in [0.717, 1.165) is 5.03 Å². The van der Waals surface area contributed by atoms with Crippen LogP contribution in [0.5, 0.6) is 0 Å². The van der Waals surface area contributed by atoms with E-state index in [9.17, 15) is 13.2 Å². The van der Waals surface area contributed by atoms with E-state index in [1.54, 1.807) is 6.07 Å². The summed E-state index contributed by atoms with van der Waals surface area (Å²) < 4.78 is 35.5. The number of nitrogens with one attached hydrogen (secondary N) is 1. The van der Waals surface area contributed by atoms with Crippen LogP contribution in [0.15, 0.2) is 17.4 Å². The average molecular weight is 237 g/mol. The summed E-state index contributed by atoms with van der Waals surface area (Å²) in [6.45, 7) is -0.172. The zero-order valence-corrected chi connectivity index (χ0v) is 8.82. The summed E-state index contributed by atoms with van der Waals surface area (Å²) in [5.41, 5.74) is 0. The maximum Gasteiger partial charge on any atom is 0.390 e. The maximum atomic E-state index is 11.8. The second-order valence-corrected chi connectivity index (χ2v) is 3.56. The number of hydrogen-bond acceptors (Lipinski definition) is 4. The van der Waals surface area contributed by atoms with Gasteiger partial charge in [0.15, 0.2) is 0 Å². The number of rotatable bonds is 4. The third-order valence-corrected chi connectivity index (χ3v) is 2.21. The lowest BCUT2D eigenvalue weighted by molar-refractivity contribution is -0.131. The molecule has 0 unspecified atom stereocenters. The molecule has 1 heterocycles. The Labute approximate surface area is 89.5 Å². The topological polar surface area (TPSA) is 37.8 Å². The Hall–Kier alpha value is -0.980. The average Bonchev–Trinajstić information content (AvgIpc) is 2.16. The van der Waals surface area contributed by atoms with Crippen molar-refractivity contribution in [1.82, 2.24) is 9.97 Å². The van der Waals surface area contributed by atoms with Gasteiger partial charge in [0, 0.05) is 12.6 Å². The minimum absolute atomic E-state index is 0.172. The van der Waals surface area contributed by atoms with Crippen LogP contribution in [0.1, 0.15) is 6.42 Å². The molecule has 1 N–H and O–H groups in total. The molecule has 1 aromatic rings. The normalized spacial score (nSPS) is 11.5. The van der Waals surface area contributed by atoms with Crippen molar-refractivity contribution < 1.29 is 13.2 Å². The lowest BCUT2D eigenvalue weighted by atomic mass is 10.4. The van der Waals surface area contributed by atoms with Gasteiger partial charge in [-0.2, -0.15) is 13.2 Å². The zero-order valence-electron chi connectivity index (χ0n) is 8.01. The Balaban J connectivity index is 2.44. The number of nitrogens with zero attached hydrogens (tertiary/aromatic N) is 2. The molecule has 84 valence electrons. The van der Waals surface area contributed by atoms with E-state index in [1.807, 2.05) is 6.26 Å². The molecule has 0 aliphatic heterocycles. The highest BCUT2D eigenvalue weighted by Crippen LogP contribution is 2.19. The molecule has 0 fully saturated rings. The highest BCUT2D eigenvalue weighted by Gasteiger charge is 2.26. The van der Waals surface area contributed by atoms with E-state index in [4.69, 9.17) is 0 Å². The molecule has 3 nitrogen and oxygen atoms in total. The monoisotopic (exact) mass is 237 g/mol. The van der Waals surface area contributed by atoms with Crippen LogP contribution in [0, 0.1) is 0 Å². The van der Waals surface area contributed by atoms with Gasteiger partial charge in [-0.3, -0.25) is 0 Å². The van der Waals surface area contributed by atoms with E-state index in [2.05, 4.69) is 15.3 Å². The highest BCUT2D eigenvalue weighted by molar-refractivity contribution is 7.98. The molecule has 1 aromatic heterocycles. The van der Waals surface area contributed by atoms with Crippen LogP contribution in [0.3, 0.4) is 0 Å². The standard InChI is InChI=1S/C8H10F3N3S/c1-15-7-4-6(13-5-14-7)12-3-2-8(9,10)11/h4-5H,2-3H2,1H3,(H,12,13,14). The van der Waals surface area contributed by atoms with E-state index in [1.165, 1.54) is 18.1 Å². The predicted octanol–water partition coefficient (Wildman–Crippen LogP) is 2.56. The van der Waals surface area contributed by atoms with Crippen LogP contribution in [0.4, 0.5) is 19.0 Å². The van der Waals surface area contributed by atoms with Crippen LogP contribution < -0.4 is 5.32 Å². The van der Waals surface area contributed by atoms with Crippen molar-refractivity contribution in [2.75, 3.05) is 18.1 Å². The van der Waals surface area contributed by atoms with Crippen molar-refractivity contribution in [3.05, 3.63) is 12.4 Å².